The van der Waals surface area contributed by atoms with Crippen molar-refractivity contribution in [1.82, 2.24) is 14.4 Å². The summed E-state index contributed by atoms with van der Waals surface area (Å²) in [6.07, 6.45) is 2.97. The van der Waals surface area contributed by atoms with Crippen molar-refractivity contribution in [3.05, 3.63) is 69.8 Å². The summed E-state index contributed by atoms with van der Waals surface area (Å²) in [5.41, 5.74) is 2.94. The SMILES string of the molecule is Cc1ccc2nc(NC(=O)c3cnc4ccc(C)cn4c3=O)sc2c1. The zero-order valence-corrected chi connectivity index (χ0v) is 14.4. The van der Waals surface area contributed by atoms with Crippen LogP contribution in [0, 0.1) is 13.8 Å². The number of pyridine rings is 1. The monoisotopic (exact) mass is 350 g/mol. The Labute approximate surface area is 146 Å². The first kappa shape index (κ1) is 15.5. The summed E-state index contributed by atoms with van der Waals surface area (Å²) in [7, 11) is 0. The maximum absolute atomic E-state index is 12.6. The van der Waals surface area contributed by atoms with E-state index >= 15 is 0 Å². The minimum Gasteiger partial charge on any atom is -0.298 e. The Morgan fingerprint density at radius 3 is 2.80 bits per heavy atom. The number of hydrogen-bond acceptors (Lipinski definition) is 5. The highest BCUT2D eigenvalue weighted by molar-refractivity contribution is 7.22. The largest absolute Gasteiger partial charge is 0.298 e. The van der Waals surface area contributed by atoms with Crippen LogP contribution in [0.2, 0.25) is 0 Å². The molecule has 1 aromatic carbocycles. The van der Waals surface area contributed by atoms with Crippen molar-refractivity contribution in [2.45, 2.75) is 13.8 Å². The molecule has 7 heteroatoms. The summed E-state index contributed by atoms with van der Waals surface area (Å²) in [5.74, 6) is -0.510. The zero-order chi connectivity index (χ0) is 17.6. The smallest absolute Gasteiger partial charge is 0.270 e. The van der Waals surface area contributed by atoms with Crippen molar-refractivity contribution in [2.75, 3.05) is 5.32 Å². The number of fused-ring (bicyclic) bond motifs is 2. The number of rotatable bonds is 2. The van der Waals surface area contributed by atoms with E-state index in [1.54, 1.807) is 12.3 Å². The van der Waals surface area contributed by atoms with Gasteiger partial charge in [0.05, 0.1) is 10.2 Å². The van der Waals surface area contributed by atoms with Gasteiger partial charge in [0.2, 0.25) is 0 Å². The van der Waals surface area contributed by atoms with Crippen molar-refractivity contribution < 1.29 is 4.79 Å². The molecule has 0 unspecified atom stereocenters. The Bertz CT molecular complexity index is 1190. The Balaban J connectivity index is 1.71. The van der Waals surface area contributed by atoms with Gasteiger partial charge in [-0.05, 0) is 43.2 Å². The van der Waals surface area contributed by atoms with E-state index in [4.69, 9.17) is 0 Å². The number of anilines is 1. The van der Waals surface area contributed by atoms with Crippen LogP contribution in [0.15, 0.2) is 47.5 Å². The lowest BCUT2D eigenvalue weighted by Gasteiger charge is -2.04. The first-order valence-corrected chi connectivity index (χ1v) is 8.49. The summed E-state index contributed by atoms with van der Waals surface area (Å²) in [5, 5.41) is 3.16. The predicted molar refractivity (Wildman–Crippen MR) is 98.5 cm³/mol. The highest BCUT2D eigenvalue weighted by Crippen LogP contribution is 2.26. The van der Waals surface area contributed by atoms with Gasteiger partial charge in [-0.15, -0.1) is 0 Å². The summed E-state index contributed by atoms with van der Waals surface area (Å²) in [6, 6.07) is 9.50. The van der Waals surface area contributed by atoms with Gasteiger partial charge >= 0.3 is 0 Å². The first-order valence-electron chi connectivity index (χ1n) is 7.68. The molecule has 0 fully saturated rings. The van der Waals surface area contributed by atoms with Crippen molar-refractivity contribution in [3.8, 4) is 0 Å². The number of carbonyl (C=O) groups excluding carboxylic acids is 1. The molecular formula is C18H14N4O2S. The summed E-state index contributed by atoms with van der Waals surface area (Å²) < 4.78 is 2.37. The van der Waals surface area contributed by atoms with Crippen LogP contribution in [0.1, 0.15) is 21.5 Å². The molecule has 4 aromatic rings. The van der Waals surface area contributed by atoms with Crippen LogP contribution in [-0.4, -0.2) is 20.3 Å². The summed E-state index contributed by atoms with van der Waals surface area (Å²) in [4.78, 5) is 33.7. The van der Waals surface area contributed by atoms with E-state index < -0.39 is 11.5 Å². The fourth-order valence-corrected chi connectivity index (χ4v) is 3.55. The van der Waals surface area contributed by atoms with Crippen molar-refractivity contribution in [1.29, 1.82) is 0 Å². The second-order valence-corrected chi connectivity index (χ2v) is 6.89. The topological polar surface area (TPSA) is 76.4 Å². The van der Waals surface area contributed by atoms with Gasteiger partial charge in [0.25, 0.3) is 11.5 Å². The number of benzene rings is 1. The molecule has 4 rings (SSSR count). The third kappa shape index (κ3) is 2.78. The van der Waals surface area contributed by atoms with Gasteiger partial charge in [0, 0.05) is 12.4 Å². The average molecular weight is 350 g/mol. The zero-order valence-electron chi connectivity index (χ0n) is 13.6. The highest BCUT2D eigenvalue weighted by atomic mass is 32.1. The number of aryl methyl sites for hydroxylation is 2. The van der Waals surface area contributed by atoms with Crippen molar-refractivity contribution >= 4 is 38.2 Å². The Morgan fingerprint density at radius 1 is 1.16 bits per heavy atom. The van der Waals surface area contributed by atoms with Crippen LogP contribution >= 0.6 is 11.3 Å². The molecule has 0 bridgehead atoms. The van der Waals surface area contributed by atoms with Gasteiger partial charge in [0.1, 0.15) is 11.2 Å². The van der Waals surface area contributed by atoms with Gasteiger partial charge in [0.15, 0.2) is 5.13 Å². The molecule has 0 saturated carbocycles. The number of thiazole rings is 1. The summed E-state index contributed by atoms with van der Waals surface area (Å²) >= 11 is 1.37. The third-order valence-corrected chi connectivity index (χ3v) is 4.79. The number of nitrogens with zero attached hydrogens (tertiary/aromatic N) is 3. The van der Waals surface area contributed by atoms with E-state index in [1.165, 1.54) is 21.9 Å². The molecule has 3 aromatic heterocycles. The van der Waals surface area contributed by atoms with E-state index in [0.29, 0.717) is 10.8 Å². The molecule has 0 radical (unpaired) electrons. The van der Waals surface area contributed by atoms with Crippen LogP contribution in [0.5, 0.6) is 0 Å². The fraction of sp³-hybridized carbons (Fsp3) is 0.111. The molecule has 0 spiro atoms. The maximum Gasteiger partial charge on any atom is 0.270 e. The molecule has 0 aliphatic heterocycles. The van der Waals surface area contributed by atoms with E-state index in [-0.39, 0.29) is 5.56 Å². The third-order valence-electron chi connectivity index (χ3n) is 3.86. The average Bonchev–Trinajstić information content (AvgIpc) is 2.96. The molecule has 0 saturated heterocycles. The number of carbonyl (C=O) groups is 1. The Hall–Kier alpha value is -3.06. The lowest BCUT2D eigenvalue weighted by atomic mass is 10.2. The minimum absolute atomic E-state index is 0.0152. The van der Waals surface area contributed by atoms with E-state index in [0.717, 1.165) is 21.3 Å². The number of nitrogens with one attached hydrogen (secondary N) is 1. The molecule has 124 valence electrons. The molecular weight excluding hydrogens is 336 g/mol. The van der Waals surface area contributed by atoms with Gasteiger partial charge in [-0.25, -0.2) is 9.97 Å². The van der Waals surface area contributed by atoms with Gasteiger partial charge < -0.3 is 0 Å². The number of hydrogen-bond donors (Lipinski definition) is 1. The normalized spacial score (nSPS) is 11.1. The summed E-state index contributed by atoms with van der Waals surface area (Å²) in [6.45, 7) is 3.88. The van der Waals surface area contributed by atoms with Crippen molar-refractivity contribution in [2.24, 2.45) is 0 Å². The van der Waals surface area contributed by atoms with Crippen LogP contribution in [0.4, 0.5) is 5.13 Å². The molecule has 0 aliphatic rings. The van der Waals surface area contributed by atoms with Crippen LogP contribution < -0.4 is 10.9 Å². The fourth-order valence-electron chi connectivity index (χ4n) is 2.59. The number of amides is 1. The second-order valence-electron chi connectivity index (χ2n) is 5.86. The van der Waals surface area contributed by atoms with E-state index in [9.17, 15) is 9.59 Å². The second kappa shape index (κ2) is 5.78. The van der Waals surface area contributed by atoms with Crippen molar-refractivity contribution in [3.63, 3.8) is 0 Å². The molecule has 3 heterocycles. The standard InChI is InChI=1S/C18H14N4O2S/c1-10-3-5-13-14(7-10)25-18(20-13)21-16(23)12-8-19-15-6-4-11(2)9-22(15)17(12)24/h3-9H,1-2H3,(H,20,21,23). The quantitative estimate of drug-likeness (QED) is 0.602. The highest BCUT2D eigenvalue weighted by Gasteiger charge is 2.15. The van der Waals surface area contributed by atoms with Crippen LogP contribution in [0.3, 0.4) is 0 Å². The molecule has 1 amide bonds. The van der Waals surface area contributed by atoms with Gasteiger partial charge in [-0.2, -0.15) is 0 Å². The maximum atomic E-state index is 12.6. The molecule has 25 heavy (non-hydrogen) atoms. The van der Waals surface area contributed by atoms with Crippen LogP contribution in [-0.2, 0) is 0 Å². The van der Waals surface area contributed by atoms with Crippen LogP contribution in [0.25, 0.3) is 15.9 Å². The first-order chi connectivity index (χ1) is 12.0. The van der Waals surface area contributed by atoms with E-state index in [2.05, 4.69) is 15.3 Å². The molecule has 0 atom stereocenters. The Morgan fingerprint density at radius 2 is 1.96 bits per heavy atom. The lowest BCUT2D eigenvalue weighted by Crippen LogP contribution is -2.26. The van der Waals surface area contributed by atoms with Gasteiger partial charge in [-0.1, -0.05) is 23.5 Å². The minimum atomic E-state index is -0.510. The van der Waals surface area contributed by atoms with Gasteiger partial charge in [-0.3, -0.25) is 19.3 Å². The Kier molecular flexibility index (Phi) is 3.58. The molecule has 0 aliphatic carbocycles. The molecule has 6 nitrogen and oxygen atoms in total. The lowest BCUT2D eigenvalue weighted by molar-refractivity contribution is 0.102. The predicted octanol–water partition coefficient (Wildman–Crippen LogP) is 3.17. The number of aromatic nitrogens is 3. The van der Waals surface area contributed by atoms with E-state index in [1.807, 2.05) is 38.1 Å². The molecule has 1 N–H and O–H groups in total.